The summed E-state index contributed by atoms with van der Waals surface area (Å²) in [5.74, 6) is -1.27. The number of para-hydroxylation sites is 1. The van der Waals surface area contributed by atoms with Crippen LogP contribution in [0.3, 0.4) is 0 Å². The number of rotatable bonds is 6. The Labute approximate surface area is 163 Å². The van der Waals surface area contributed by atoms with Crippen molar-refractivity contribution >= 4 is 33.0 Å². The number of carbonyl (C=O) groups excluding carboxylic acids is 1. The van der Waals surface area contributed by atoms with Gasteiger partial charge in [-0.05, 0) is 36.4 Å². The number of anilines is 3. The first kappa shape index (κ1) is 20.1. The van der Waals surface area contributed by atoms with Gasteiger partial charge in [-0.1, -0.05) is 12.1 Å². The van der Waals surface area contributed by atoms with E-state index in [1.54, 1.807) is 12.1 Å². The third-order valence-electron chi connectivity index (χ3n) is 4.34. The summed E-state index contributed by atoms with van der Waals surface area (Å²) in [6, 6.07) is 12.7. The maximum Gasteiger partial charge on any atom is 0.245 e. The first-order valence-corrected chi connectivity index (χ1v) is 10.6. The number of hydrogen-bond donors (Lipinski definition) is 1. The van der Waals surface area contributed by atoms with Gasteiger partial charge < -0.3 is 15.0 Å². The fraction of sp³-hybridized carbons (Fsp3) is 0.316. The lowest BCUT2D eigenvalue weighted by Crippen LogP contribution is -2.38. The van der Waals surface area contributed by atoms with Crippen molar-refractivity contribution in [2.24, 2.45) is 0 Å². The van der Waals surface area contributed by atoms with E-state index in [9.17, 15) is 17.6 Å². The Hall–Kier alpha value is -2.65. The van der Waals surface area contributed by atoms with Crippen molar-refractivity contribution in [1.82, 2.24) is 0 Å². The van der Waals surface area contributed by atoms with Crippen molar-refractivity contribution in [3.63, 3.8) is 0 Å². The molecule has 7 nitrogen and oxygen atoms in total. The second-order valence-electron chi connectivity index (χ2n) is 6.42. The van der Waals surface area contributed by atoms with Gasteiger partial charge in [0.2, 0.25) is 15.9 Å². The number of carbonyl (C=O) groups is 1. The van der Waals surface area contributed by atoms with Gasteiger partial charge >= 0.3 is 0 Å². The quantitative estimate of drug-likeness (QED) is 0.793. The molecule has 9 heteroatoms. The van der Waals surface area contributed by atoms with Gasteiger partial charge in [-0.3, -0.25) is 9.10 Å². The zero-order valence-corrected chi connectivity index (χ0v) is 16.3. The van der Waals surface area contributed by atoms with Gasteiger partial charge in [-0.2, -0.15) is 0 Å². The molecule has 1 aliphatic rings. The second-order valence-corrected chi connectivity index (χ2v) is 8.32. The van der Waals surface area contributed by atoms with E-state index in [1.165, 1.54) is 18.2 Å². The molecule has 1 aliphatic heterocycles. The summed E-state index contributed by atoms with van der Waals surface area (Å²) in [5, 5.41) is 2.65. The van der Waals surface area contributed by atoms with E-state index in [0.29, 0.717) is 18.9 Å². The Morgan fingerprint density at radius 3 is 2.39 bits per heavy atom. The zero-order valence-electron chi connectivity index (χ0n) is 15.5. The van der Waals surface area contributed by atoms with Crippen LogP contribution in [0.1, 0.15) is 0 Å². The molecule has 0 aliphatic carbocycles. The fourth-order valence-corrected chi connectivity index (χ4v) is 3.80. The molecule has 0 saturated carbocycles. The highest BCUT2D eigenvalue weighted by Crippen LogP contribution is 2.22. The molecular formula is C19H22FN3O4S. The highest BCUT2D eigenvalue weighted by atomic mass is 32.2. The molecule has 150 valence electrons. The predicted molar refractivity (Wildman–Crippen MR) is 107 cm³/mol. The molecule has 0 bridgehead atoms. The highest BCUT2D eigenvalue weighted by Gasteiger charge is 2.23. The number of hydrogen-bond acceptors (Lipinski definition) is 5. The molecule has 0 spiro atoms. The van der Waals surface area contributed by atoms with E-state index in [-0.39, 0.29) is 5.69 Å². The lowest BCUT2D eigenvalue weighted by molar-refractivity contribution is -0.114. The molecule has 1 fully saturated rings. The Kier molecular flexibility index (Phi) is 6.15. The molecule has 0 radical (unpaired) electrons. The molecular weight excluding hydrogens is 385 g/mol. The Bertz CT molecular complexity index is 928. The number of benzene rings is 2. The lowest BCUT2D eigenvalue weighted by Gasteiger charge is -2.29. The SMILES string of the molecule is CS(=O)(=O)N(CC(=O)Nc1ccc(N2CCOCC2)cc1)c1ccccc1F. The van der Waals surface area contributed by atoms with E-state index >= 15 is 0 Å². The largest absolute Gasteiger partial charge is 0.378 e. The number of halogens is 1. The number of nitrogens with one attached hydrogen (secondary N) is 1. The first-order valence-electron chi connectivity index (χ1n) is 8.79. The maximum absolute atomic E-state index is 14.0. The van der Waals surface area contributed by atoms with E-state index in [2.05, 4.69) is 10.2 Å². The minimum Gasteiger partial charge on any atom is -0.378 e. The van der Waals surface area contributed by atoms with Crippen molar-refractivity contribution in [1.29, 1.82) is 0 Å². The summed E-state index contributed by atoms with van der Waals surface area (Å²) in [7, 11) is -3.84. The normalized spacial score (nSPS) is 14.6. The number of nitrogens with zero attached hydrogens (tertiary/aromatic N) is 2. The fourth-order valence-electron chi connectivity index (χ4n) is 2.94. The van der Waals surface area contributed by atoms with Crippen molar-refractivity contribution in [3.8, 4) is 0 Å². The third kappa shape index (κ3) is 4.99. The Morgan fingerprint density at radius 2 is 1.79 bits per heavy atom. The summed E-state index contributed by atoms with van der Waals surface area (Å²) in [6.07, 6.45) is 0.934. The summed E-state index contributed by atoms with van der Waals surface area (Å²) < 4.78 is 44.2. The van der Waals surface area contributed by atoms with Crippen LogP contribution in [0.5, 0.6) is 0 Å². The van der Waals surface area contributed by atoms with E-state index in [4.69, 9.17) is 4.74 Å². The van der Waals surface area contributed by atoms with Gasteiger partial charge in [0.15, 0.2) is 0 Å². The Morgan fingerprint density at radius 1 is 1.14 bits per heavy atom. The van der Waals surface area contributed by atoms with Crippen LogP contribution in [-0.4, -0.2) is 53.4 Å². The topological polar surface area (TPSA) is 79.0 Å². The lowest BCUT2D eigenvalue weighted by atomic mass is 10.2. The molecule has 28 heavy (non-hydrogen) atoms. The van der Waals surface area contributed by atoms with Gasteiger partial charge in [0.05, 0.1) is 25.2 Å². The van der Waals surface area contributed by atoms with Gasteiger partial charge in [-0.25, -0.2) is 12.8 Å². The molecule has 0 unspecified atom stereocenters. The third-order valence-corrected chi connectivity index (χ3v) is 5.46. The smallest absolute Gasteiger partial charge is 0.245 e. The van der Waals surface area contributed by atoms with Crippen LogP contribution in [0.15, 0.2) is 48.5 Å². The minimum absolute atomic E-state index is 0.164. The van der Waals surface area contributed by atoms with Gasteiger partial charge in [-0.15, -0.1) is 0 Å². The first-order chi connectivity index (χ1) is 13.3. The highest BCUT2D eigenvalue weighted by molar-refractivity contribution is 7.92. The van der Waals surface area contributed by atoms with E-state index in [1.807, 2.05) is 12.1 Å². The van der Waals surface area contributed by atoms with Crippen LogP contribution in [-0.2, 0) is 19.6 Å². The molecule has 2 aromatic rings. The van der Waals surface area contributed by atoms with Crippen LogP contribution >= 0.6 is 0 Å². The molecule has 1 heterocycles. The van der Waals surface area contributed by atoms with Crippen molar-refractivity contribution in [2.45, 2.75) is 0 Å². The summed E-state index contributed by atoms with van der Waals surface area (Å²) in [4.78, 5) is 14.6. The number of sulfonamides is 1. The minimum atomic E-state index is -3.84. The van der Waals surface area contributed by atoms with Crippen LogP contribution in [0.25, 0.3) is 0 Å². The molecule has 3 rings (SSSR count). The summed E-state index contributed by atoms with van der Waals surface area (Å²) in [6.45, 7) is 2.44. The number of ether oxygens (including phenoxy) is 1. The molecule has 1 N–H and O–H groups in total. The average Bonchev–Trinajstić information content (AvgIpc) is 2.67. The molecule has 0 atom stereocenters. The molecule has 2 aromatic carbocycles. The standard InChI is InChI=1S/C19H22FN3O4S/c1-28(25,26)23(18-5-3-2-4-17(18)20)14-19(24)21-15-6-8-16(9-7-15)22-10-12-27-13-11-22/h2-9H,10-14H2,1H3,(H,21,24). The van der Waals surface area contributed by atoms with Crippen LogP contribution < -0.4 is 14.5 Å². The summed E-state index contributed by atoms with van der Waals surface area (Å²) in [5.41, 5.74) is 1.39. The monoisotopic (exact) mass is 407 g/mol. The Balaban J connectivity index is 1.68. The summed E-state index contributed by atoms with van der Waals surface area (Å²) >= 11 is 0. The predicted octanol–water partition coefficient (Wildman–Crippen LogP) is 2.07. The van der Waals surface area contributed by atoms with Crippen LogP contribution in [0, 0.1) is 5.82 Å². The van der Waals surface area contributed by atoms with E-state index < -0.39 is 28.3 Å². The van der Waals surface area contributed by atoms with Crippen LogP contribution in [0.4, 0.5) is 21.5 Å². The van der Waals surface area contributed by atoms with Gasteiger partial charge in [0.25, 0.3) is 0 Å². The second kappa shape index (κ2) is 8.57. The molecule has 0 aromatic heterocycles. The van der Waals surface area contributed by atoms with Crippen molar-refractivity contribution < 1.29 is 22.3 Å². The number of morpholine rings is 1. The van der Waals surface area contributed by atoms with Crippen molar-refractivity contribution in [3.05, 3.63) is 54.3 Å². The van der Waals surface area contributed by atoms with E-state index in [0.717, 1.165) is 35.4 Å². The number of amides is 1. The average molecular weight is 407 g/mol. The zero-order chi connectivity index (χ0) is 20.1. The van der Waals surface area contributed by atoms with Gasteiger partial charge in [0.1, 0.15) is 12.4 Å². The van der Waals surface area contributed by atoms with Crippen LogP contribution in [0.2, 0.25) is 0 Å². The maximum atomic E-state index is 14.0. The van der Waals surface area contributed by atoms with Gasteiger partial charge in [0, 0.05) is 24.5 Å². The van der Waals surface area contributed by atoms with Crippen molar-refractivity contribution in [2.75, 3.05) is 53.6 Å². The molecule has 1 saturated heterocycles. The molecule has 1 amide bonds.